The van der Waals surface area contributed by atoms with Gasteiger partial charge < -0.3 is 14.6 Å². The van der Waals surface area contributed by atoms with Gasteiger partial charge in [0.15, 0.2) is 0 Å². The van der Waals surface area contributed by atoms with Crippen LogP contribution in [0.2, 0.25) is 0 Å². The molecular formula is C17H23N5O. The topological polar surface area (TPSA) is 67.8 Å². The third kappa shape index (κ3) is 3.16. The van der Waals surface area contributed by atoms with Gasteiger partial charge in [-0.2, -0.15) is 10.4 Å². The van der Waals surface area contributed by atoms with Crippen LogP contribution < -0.4 is 5.32 Å². The van der Waals surface area contributed by atoms with Crippen molar-refractivity contribution in [3.8, 4) is 6.07 Å². The van der Waals surface area contributed by atoms with Gasteiger partial charge in [0.1, 0.15) is 11.8 Å². The Hall–Kier alpha value is -2.10. The maximum Gasteiger partial charge on any atom is 0.120 e. The van der Waals surface area contributed by atoms with Gasteiger partial charge in [-0.3, -0.25) is 4.68 Å². The normalized spacial score (nSPS) is 20.8. The Balaban J connectivity index is 1.59. The van der Waals surface area contributed by atoms with Crippen molar-refractivity contribution in [3.05, 3.63) is 41.0 Å². The molecule has 0 unspecified atom stereocenters. The largest absolute Gasteiger partial charge is 0.373 e. The fraction of sp³-hybridized carbons (Fsp3) is 0.529. The quantitative estimate of drug-likeness (QED) is 0.914. The zero-order valence-corrected chi connectivity index (χ0v) is 13.9. The molecule has 0 saturated carbocycles. The highest BCUT2D eigenvalue weighted by molar-refractivity contribution is 5.34. The molecule has 0 spiro atoms. The molecule has 0 aliphatic carbocycles. The Morgan fingerprint density at radius 3 is 2.96 bits per heavy atom. The lowest BCUT2D eigenvalue weighted by Crippen LogP contribution is -2.24. The Kier molecular flexibility index (Phi) is 4.51. The van der Waals surface area contributed by atoms with Crippen LogP contribution in [0.15, 0.2) is 18.5 Å². The molecule has 1 fully saturated rings. The molecular weight excluding hydrogens is 290 g/mol. The summed E-state index contributed by atoms with van der Waals surface area (Å²) in [7, 11) is 3.86. The lowest BCUT2D eigenvalue weighted by atomic mass is 9.97. The van der Waals surface area contributed by atoms with Crippen LogP contribution in [-0.4, -0.2) is 27.5 Å². The van der Waals surface area contributed by atoms with Crippen LogP contribution >= 0.6 is 0 Å². The zero-order valence-electron chi connectivity index (χ0n) is 13.9. The predicted molar refractivity (Wildman–Crippen MR) is 86.6 cm³/mol. The molecule has 23 heavy (non-hydrogen) atoms. The molecule has 0 amide bonds. The number of hydrogen-bond donors (Lipinski definition) is 1. The number of nitriles is 1. The Morgan fingerprint density at radius 1 is 1.48 bits per heavy atom. The van der Waals surface area contributed by atoms with Crippen molar-refractivity contribution in [1.29, 1.82) is 5.26 Å². The van der Waals surface area contributed by atoms with E-state index in [0.29, 0.717) is 11.6 Å². The van der Waals surface area contributed by atoms with E-state index in [9.17, 15) is 0 Å². The first kappa shape index (κ1) is 15.8. The number of ether oxygens (including phenoxy) is 1. The first-order chi connectivity index (χ1) is 11.1. The van der Waals surface area contributed by atoms with Crippen LogP contribution in [-0.2, 0) is 25.4 Å². The minimum atomic E-state index is 0.128. The number of rotatable bonds is 5. The summed E-state index contributed by atoms with van der Waals surface area (Å²) in [6.45, 7) is 4.53. The van der Waals surface area contributed by atoms with Crippen LogP contribution in [0.25, 0.3) is 0 Å². The molecule has 1 aliphatic heterocycles. The molecule has 1 aliphatic rings. The molecule has 2 aromatic rings. The summed E-state index contributed by atoms with van der Waals surface area (Å²) in [6, 6.07) is 4.19. The predicted octanol–water partition coefficient (Wildman–Crippen LogP) is 1.81. The number of aromatic nitrogens is 3. The lowest BCUT2D eigenvalue weighted by Gasteiger charge is -2.17. The first-order valence-electron chi connectivity index (χ1n) is 7.96. The molecule has 3 rings (SSSR count). The SMILES string of the molecule is Cc1c(CNC[C@@H]2CCO[C@H]2c2cnn(C)c2)cc(C#N)n1C. The Bertz CT molecular complexity index is 724. The summed E-state index contributed by atoms with van der Waals surface area (Å²) in [5.74, 6) is 0.457. The van der Waals surface area contributed by atoms with Crippen molar-refractivity contribution in [1.82, 2.24) is 19.7 Å². The maximum absolute atomic E-state index is 9.10. The summed E-state index contributed by atoms with van der Waals surface area (Å²) in [4.78, 5) is 0. The van der Waals surface area contributed by atoms with E-state index >= 15 is 0 Å². The van der Waals surface area contributed by atoms with Gasteiger partial charge in [0.2, 0.25) is 0 Å². The number of hydrogen-bond acceptors (Lipinski definition) is 4. The van der Waals surface area contributed by atoms with E-state index in [2.05, 4.69) is 23.4 Å². The fourth-order valence-corrected chi connectivity index (χ4v) is 3.24. The van der Waals surface area contributed by atoms with Crippen molar-refractivity contribution in [2.24, 2.45) is 20.0 Å². The average Bonchev–Trinajstić information content (AvgIpc) is 3.23. The second kappa shape index (κ2) is 6.57. The second-order valence-corrected chi connectivity index (χ2v) is 6.23. The van der Waals surface area contributed by atoms with Crippen LogP contribution in [0, 0.1) is 24.2 Å². The Labute approximate surface area is 136 Å². The van der Waals surface area contributed by atoms with E-state index in [1.807, 2.05) is 41.8 Å². The maximum atomic E-state index is 9.10. The molecule has 3 heterocycles. The molecule has 1 saturated heterocycles. The van der Waals surface area contributed by atoms with E-state index in [4.69, 9.17) is 10.00 Å². The number of aryl methyl sites for hydroxylation is 1. The third-order valence-electron chi connectivity index (χ3n) is 4.74. The van der Waals surface area contributed by atoms with Gasteiger partial charge in [0, 0.05) is 57.2 Å². The van der Waals surface area contributed by atoms with E-state index in [1.165, 1.54) is 5.56 Å². The third-order valence-corrected chi connectivity index (χ3v) is 4.74. The minimum Gasteiger partial charge on any atom is -0.373 e. The van der Waals surface area contributed by atoms with Crippen LogP contribution in [0.3, 0.4) is 0 Å². The smallest absolute Gasteiger partial charge is 0.120 e. The Morgan fingerprint density at radius 2 is 2.30 bits per heavy atom. The lowest BCUT2D eigenvalue weighted by molar-refractivity contribution is 0.0904. The van der Waals surface area contributed by atoms with Crippen LogP contribution in [0.1, 0.15) is 35.0 Å². The van der Waals surface area contributed by atoms with E-state index in [0.717, 1.165) is 37.4 Å². The monoisotopic (exact) mass is 313 g/mol. The van der Waals surface area contributed by atoms with Gasteiger partial charge in [-0.15, -0.1) is 0 Å². The second-order valence-electron chi connectivity index (χ2n) is 6.23. The van der Waals surface area contributed by atoms with Gasteiger partial charge >= 0.3 is 0 Å². The summed E-state index contributed by atoms with van der Waals surface area (Å²) >= 11 is 0. The standard InChI is InChI=1S/C17H23N5O/c1-12-14(6-16(7-18)22(12)3)9-19-8-13-4-5-23-17(13)15-10-20-21(2)11-15/h6,10-11,13,17,19H,4-5,8-9H2,1-3H3/t13-,17+/m0/s1. The summed E-state index contributed by atoms with van der Waals surface area (Å²) in [5.41, 5.74) is 4.18. The summed E-state index contributed by atoms with van der Waals surface area (Å²) < 4.78 is 9.65. The van der Waals surface area contributed by atoms with Gasteiger partial charge in [-0.1, -0.05) is 0 Å². The van der Waals surface area contributed by atoms with Gasteiger partial charge in [-0.05, 0) is 25.0 Å². The van der Waals surface area contributed by atoms with Crippen molar-refractivity contribution >= 4 is 0 Å². The highest BCUT2D eigenvalue weighted by atomic mass is 16.5. The molecule has 0 aromatic carbocycles. The first-order valence-corrected chi connectivity index (χ1v) is 7.96. The minimum absolute atomic E-state index is 0.128. The number of nitrogens with zero attached hydrogens (tertiary/aromatic N) is 4. The highest BCUT2D eigenvalue weighted by Gasteiger charge is 2.30. The molecule has 1 N–H and O–H groups in total. The molecule has 6 heteroatoms. The zero-order chi connectivity index (χ0) is 16.4. The van der Waals surface area contributed by atoms with Crippen LogP contribution in [0.4, 0.5) is 0 Å². The average molecular weight is 313 g/mol. The number of nitrogens with one attached hydrogen (secondary N) is 1. The van der Waals surface area contributed by atoms with Crippen molar-refractivity contribution in [3.63, 3.8) is 0 Å². The molecule has 0 bridgehead atoms. The van der Waals surface area contributed by atoms with Crippen LogP contribution in [0.5, 0.6) is 0 Å². The fourth-order valence-electron chi connectivity index (χ4n) is 3.24. The summed E-state index contributed by atoms with van der Waals surface area (Å²) in [6.07, 6.45) is 5.11. The molecule has 0 radical (unpaired) electrons. The molecule has 122 valence electrons. The molecule has 6 nitrogen and oxygen atoms in total. The van der Waals surface area contributed by atoms with Crippen molar-refractivity contribution in [2.45, 2.75) is 26.0 Å². The van der Waals surface area contributed by atoms with Gasteiger partial charge in [0.05, 0.1) is 12.3 Å². The van der Waals surface area contributed by atoms with E-state index < -0.39 is 0 Å². The van der Waals surface area contributed by atoms with Gasteiger partial charge in [-0.25, -0.2) is 0 Å². The highest BCUT2D eigenvalue weighted by Crippen LogP contribution is 2.33. The van der Waals surface area contributed by atoms with Gasteiger partial charge in [0.25, 0.3) is 0 Å². The van der Waals surface area contributed by atoms with E-state index in [-0.39, 0.29) is 6.10 Å². The molecule has 2 atom stereocenters. The molecule has 2 aromatic heterocycles. The summed E-state index contributed by atoms with van der Waals surface area (Å²) in [5, 5.41) is 16.9. The van der Waals surface area contributed by atoms with E-state index in [1.54, 1.807) is 0 Å². The van der Waals surface area contributed by atoms with Crippen molar-refractivity contribution in [2.75, 3.05) is 13.2 Å². The van der Waals surface area contributed by atoms with Crippen molar-refractivity contribution < 1.29 is 4.74 Å².